The van der Waals surface area contributed by atoms with E-state index < -0.39 is 23.8 Å². The monoisotopic (exact) mass is 1010 g/mol. The average molecular weight is 1010 g/mol. The molecule has 3 aliphatic heterocycles. The smallest absolute Gasteiger partial charge is 0.276 e. The molecule has 2 saturated heterocycles. The van der Waals surface area contributed by atoms with Crippen LogP contribution in [0.3, 0.4) is 0 Å². The fourth-order valence-electron chi connectivity index (χ4n) is 10.9. The second-order valence-electron chi connectivity index (χ2n) is 19.3. The Bertz CT molecular complexity index is 3210. The first-order valence-electron chi connectivity index (χ1n) is 25.2. The third-order valence-electron chi connectivity index (χ3n) is 14.4. The first kappa shape index (κ1) is 49.6. The van der Waals surface area contributed by atoms with Gasteiger partial charge in [0.25, 0.3) is 17.7 Å². The van der Waals surface area contributed by atoms with E-state index >= 15 is 0 Å². The molecule has 2 unspecified atom stereocenters. The number of aryl methyl sites for hydroxylation is 4. The largest absolute Gasteiger partial charge is 0.490 e. The fourth-order valence-corrected chi connectivity index (χ4v) is 10.9. The van der Waals surface area contributed by atoms with Gasteiger partial charge in [-0.2, -0.15) is 10.2 Å². The van der Waals surface area contributed by atoms with Crippen LogP contribution in [0.5, 0.6) is 11.5 Å². The Morgan fingerprint density at radius 3 is 1.70 bits per heavy atom. The molecule has 0 radical (unpaired) electrons. The third-order valence-corrected chi connectivity index (χ3v) is 14.4. The second kappa shape index (κ2) is 20.9. The minimum absolute atomic E-state index is 0.0728. The Morgan fingerprint density at radius 2 is 1.20 bits per heavy atom. The van der Waals surface area contributed by atoms with Gasteiger partial charge in [-0.1, -0.05) is 17.4 Å². The van der Waals surface area contributed by atoms with Crippen molar-refractivity contribution >= 4 is 63.4 Å². The number of hydrogen-bond donors (Lipinski definition) is 6. The highest BCUT2D eigenvalue weighted by molar-refractivity contribution is 6.05. The number of hydrogen-bond acceptors (Lipinski definition) is 14. The van der Waals surface area contributed by atoms with Crippen LogP contribution in [0.2, 0.25) is 0 Å². The number of anilines is 2. The zero-order chi connectivity index (χ0) is 51.8. The Morgan fingerprint density at radius 1 is 0.689 bits per heavy atom. The van der Waals surface area contributed by atoms with E-state index in [2.05, 4.69) is 41.4 Å². The molecule has 74 heavy (non-hydrogen) atoms. The summed E-state index contributed by atoms with van der Waals surface area (Å²) in [7, 11) is 0. The Balaban J connectivity index is 1.08. The Labute approximate surface area is 425 Å². The quantitative estimate of drug-likeness (QED) is 0.0252. The van der Waals surface area contributed by atoms with E-state index in [9.17, 15) is 19.2 Å². The molecule has 388 valence electrons. The van der Waals surface area contributed by atoms with E-state index in [1.54, 1.807) is 45.8 Å². The summed E-state index contributed by atoms with van der Waals surface area (Å²) in [6.07, 6.45) is 8.15. The lowest BCUT2D eigenvalue weighted by atomic mass is 9.85. The summed E-state index contributed by atoms with van der Waals surface area (Å²) in [6, 6.07) is 9.61. The molecule has 2 bridgehead atoms. The molecule has 24 nitrogen and oxygen atoms in total. The zero-order valence-electron chi connectivity index (χ0n) is 41.8. The van der Waals surface area contributed by atoms with Crippen molar-refractivity contribution in [2.24, 2.45) is 27.8 Å². The number of amidine groups is 1. The van der Waals surface area contributed by atoms with Gasteiger partial charge in [0.15, 0.2) is 0 Å². The van der Waals surface area contributed by atoms with Crippen LogP contribution in [0, 0.1) is 25.2 Å². The predicted octanol–water partition coefficient (Wildman–Crippen LogP) is 4.89. The van der Waals surface area contributed by atoms with Gasteiger partial charge in [-0.3, -0.25) is 49.5 Å². The van der Waals surface area contributed by atoms with Crippen LogP contribution in [-0.4, -0.2) is 124 Å². The minimum Gasteiger partial charge on any atom is -0.490 e. The summed E-state index contributed by atoms with van der Waals surface area (Å²) in [6.45, 7) is 9.93. The summed E-state index contributed by atoms with van der Waals surface area (Å²) in [5.41, 5.74) is 10.3. The van der Waals surface area contributed by atoms with Crippen LogP contribution in [0.4, 0.5) is 11.9 Å². The molecule has 1 saturated carbocycles. The second-order valence-corrected chi connectivity index (χ2v) is 19.3. The zero-order valence-corrected chi connectivity index (χ0v) is 41.8. The Hall–Kier alpha value is -7.99. The van der Waals surface area contributed by atoms with Gasteiger partial charge < -0.3 is 40.2 Å². The van der Waals surface area contributed by atoms with Crippen molar-refractivity contribution in [1.82, 2.24) is 48.9 Å². The molecule has 6 aromatic rings. The normalized spacial score (nSPS) is 21.6. The first-order chi connectivity index (χ1) is 35.8. The number of carbonyl (C=O) groups is 4. The van der Waals surface area contributed by atoms with Crippen LogP contribution >= 0.6 is 0 Å². The van der Waals surface area contributed by atoms with Crippen molar-refractivity contribution in [3.8, 4) is 11.5 Å². The van der Waals surface area contributed by atoms with Gasteiger partial charge in [-0.05, 0) is 103 Å². The van der Waals surface area contributed by atoms with Crippen molar-refractivity contribution in [2.45, 2.75) is 117 Å². The SMILES string of the molecule is CCn1nc(C)cc1C(=O)Nc1nc2cc(C(N)=O)cc3c2n1C/C=C/Cn1c(NC(=O)c2cc(C)nn2CC)nc2cc(C(=O)NC4CCC(C(=N)N=NN)CC4)cc(c21)OC[C@@H](N1C2CCC1COC2)CO3. The lowest BCUT2D eigenvalue weighted by Crippen LogP contribution is -2.55. The lowest BCUT2D eigenvalue weighted by molar-refractivity contribution is -0.0534. The van der Waals surface area contributed by atoms with Crippen LogP contribution < -0.4 is 37.0 Å². The van der Waals surface area contributed by atoms with Gasteiger partial charge in [0.1, 0.15) is 53.0 Å². The summed E-state index contributed by atoms with van der Waals surface area (Å²) in [4.78, 5) is 67.7. The average Bonchev–Trinajstić information content (AvgIpc) is 4.20. The van der Waals surface area contributed by atoms with Gasteiger partial charge in [-0.15, -0.1) is 5.11 Å². The van der Waals surface area contributed by atoms with Crippen molar-refractivity contribution in [1.29, 1.82) is 5.41 Å². The first-order valence-corrected chi connectivity index (χ1v) is 25.2. The molecule has 4 amide bonds. The molecule has 24 heteroatoms. The molecule has 3 fully saturated rings. The van der Waals surface area contributed by atoms with Gasteiger partial charge in [0.05, 0.1) is 41.7 Å². The van der Waals surface area contributed by atoms with E-state index in [1.165, 1.54) is 0 Å². The highest BCUT2D eigenvalue weighted by atomic mass is 16.5. The predicted molar refractivity (Wildman–Crippen MR) is 273 cm³/mol. The number of carbonyl (C=O) groups excluding carboxylic acids is 4. The van der Waals surface area contributed by atoms with E-state index in [0.717, 1.165) is 12.8 Å². The van der Waals surface area contributed by atoms with Gasteiger partial charge >= 0.3 is 0 Å². The summed E-state index contributed by atoms with van der Waals surface area (Å²) in [5, 5.41) is 33.4. The molecule has 1 aliphatic carbocycles. The maximum absolute atomic E-state index is 14.4. The number of ether oxygens (including phenoxy) is 3. The third kappa shape index (κ3) is 9.80. The topological polar surface area (TPSA) is 307 Å². The van der Waals surface area contributed by atoms with Crippen LogP contribution in [0.1, 0.15) is 105 Å². The number of morpholine rings is 1. The van der Waals surface area contributed by atoms with E-state index in [1.807, 2.05) is 49.0 Å². The lowest BCUT2D eigenvalue weighted by Gasteiger charge is -2.40. The van der Waals surface area contributed by atoms with E-state index in [4.69, 9.17) is 41.2 Å². The van der Waals surface area contributed by atoms with Crippen LogP contribution in [0.15, 0.2) is 58.9 Å². The van der Waals surface area contributed by atoms with Crippen LogP contribution in [0.25, 0.3) is 22.1 Å². The van der Waals surface area contributed by atoms with E-state index in [-0.39, 0.29) is 79.5 Å². The highest BCUT2D eigenvalue weighted by Crippen LogP contribution is 2.37. The van der Waals surface area contributed by atoms with Crippen molar-refractivity contribution in [3.63, 3.8) is 0 Å². The number of nitrogens with zero attached hydrogens (tertiary/aromatic N) is 11. The maximum Gasteiger partial charge on any atom is 0.276 e. The minimum atomic E-state index is -0.681. The summed E-state index contributed by atoms with van der Waals surface area (Å²) >= 11 is 0. The van der Waals surface area contributed by atoms with Crippen molar-refractivity contribution in [3.05, 3.63) is 82.5 Å². The standard InChI is InChI=1S/C50H61N17O7/c1-5-65-38(17-27(3)60-65)47(70)57-49-55-36-19-30(45(52)68)21-40-42(36)63(49)15-7-8-16-64-43-37(56-50(64)58-48(71)39-18-28(4)61-66(39)6-2)20-31(46(69)54-32-11-9-29(10-12-32)44(51)59-62-53)22-41(43)74-26-35(25-73-40)67-33-13-14-34(67)24-72-23-33/h7-8,17-22,29,32-35H,5-6,9-16,23-26H2,1-4H3,(H2,52,68)(H,54,69)(H3,51,53,59)(H,55,57,70)(H,56,58,71)/b8-7+/t29?,32?,33?,34?,35-/m0/s1. The maximum atomic E-state index is 14.4. The molecule has 4 aromatic heterocycles. The van der Waals surface area contributed by atoms with Crippen LogP contribution in [-0.2, 0) is 30.9 Å². The van der Waals surface area contributed by atoms with Gasteiger partial charge in [0, 0.05) is 61.3 Å². The summed E-state index contributed by atoms with van der Waals surface area (Å²) in [5.74, 6) is 4.45. The molecule has 2 aromatic carbocycles. The fraction of sp³-hybridized carbons (Fsp3) is 0.460. The highest BCUT2D eigenvalue weighted by Gasteiger charge is 2.42. The van der Waals surface area contributed by atoms with Crippen molar-refractivity contribution < 1.29 is 33.4 Å². The van der Waals surface area contributed by atoms with Crippen molar-refractivity contribution in [2.75, 3.05) is 37.1 Å². The number of amides is 4. The molecule has 3 atom stereocenters. The molecule has 8 N–H and O–H groups in total. The number of allylic oxidation sites excluding steroid dienone is 2. The number of nitrogens with one attached hydrogen (secondary N) is 4. The number of rotatable bonds is 11. The number of nitrogens with two attached hydrogens (primary N) is 2. The number of fused-ring (bicyclic) bond motifs is 2. The molecular weight excluding hydrogens is 951 g/mol. The number of aromatic nitrogens is 8. The van der Waals surface area contributed by atoms with E-state index in [0.29, 0.717) is 114 Å². The molecule has 0 spiro atoms. The number of primary amides is 1. The number of imidazole rings is 2. The molecule has 10 rings (SSSR count). The molecular formula is C50H61N17O7. The van der Waals surface area contributed by atoms with Gasteiger partial charge in [-0.25, -0.2) is 9.97 Å². The number of benzene rings is 2. The molecule has 4 aliphatic rings. The molecule has 7 heterocycles. The Kier molecular flexibility index (Phi) is 14.0. The van der Waals surface area contributed by atoms with Gasteiger partial charge in [0.2, 0.25) is 17.8 Å². The summed E-state index contributed by atoms with van der Waals surface area (Å²) < 4.78 is 26.7.